The summed E-state index contributed by atoms with van der Waals surface area (Å²) in [6.07, 6.45) is 3.89. The van der Waals surface area contributed by atoms with Crippen molar-refractivity contribution in [3.05, 3.63) is 77.6 Å². The van der Waals surface area contributed by atoms with Crippen molar-refractivity contribution in [3.63, 3.8) is 0 Å². The molecule has 0 unspecified atom stereocenters. The van der Waals surface area contributed by atoms with Crippen LogP contribution in [0, 0.1) is 6.92 Å². The van der Waals surface area contributed by atoms with Gasteiger partial charge in [-0.15, -0.1) is 5.10 Å². The van der Waals surface area contributed by atoms with Crippen LogP contribution in [0.4, 0.5) is 11.6 Å². The van der Waals surface area contributed by atoms with Crippen molar-refractivity contribution >= 4 is 17.5 Å². The van der Waals surface area contributed by atoms with Gasteiger partial charge in [-0.1, -0.05) is 30.3 Å². The number of benzene rings is 2. The van der Waals surface area contributed by atoms with Gasteiger partial charge in [0.05, 0.1) is 5.54 Å². The fourth-order valence-electron chi connectivity index (χ4n) is 4.44. The van der Waals surface area contributed by atoms with Crippen LogP contribution in [0.25, 0.3) is 22.5 Å². The molecule has 1 amide bonds. The number of carbonyl (C=O) groups excluding carboxylic acids is 1. The highest BCUT2D eigenvalue weighted by atomic mass is 16.2. The first-order chi connectivity index (χ1) is 16.0. The molecule has 2 aromatic heterocycles. The van der Waals surface area contributed by atoms with E-state index < -0.39 is 0 Å². The smallest absolute Gasteiger partial charge is 0.252 e. The molecule has 7 nitrogen and oxygen atoms in total. The fraction of sp³-hybridized carbons (Fsp3) is 0.231. The van der Waals surface area contributed by atoms with E-state index in [-0.39, 0.29) is 11.4 Å². The number of anilines is 2. The first-order valence-corrected chi connectivity index (χ1v) is 11.3. The summed E-state index contributed by atoms with van der Waals surface area (Å²) < 4.78 is 1.86. The molecule has 0 bridgehead atoms. The minimum atomic E-state index is -0.150. The molecule has 4 aromatic rings. The number of hydrogen-bond acceptors (Lipinski definition) is 5. The van der Waals surface area contributed by atoms with Crippen LogP contribution in [0.2, 0.25) is 0 Å². The first kappa shape index (κ1) is 19.7. The Hall–Kier alpha value is -4.00. The number of pyridine rings is 1. The highest BCUT2D eigenvalue weighted by Gasteiger charge is 2.52. The summed E-state index contributed by atoms with van der Waals surface area (Å²) in [5.41, 5.74) is 6.77. The number of hydrogen-bond donors (Lipinski definition) is 2. The Morgan fingerprint density at radius 1 is 1.03 bits per heavy atom. The van der Waals surface area contributed by atoms with Crippen molar-refractivity contribution in [1.82, 2.24) is 25.1 Å². The second-order valence-corrected chi connectivity index (χ2v) is 8.76. The molecular weight excluding hydrogens is 412 g/mol. The quantitative estimate of drug-likeness (QED) is 0.469. The van der Waals surface area contributed by atoms with Crippen LogP contribution in [0.3, 0.4) is 0 Å². The van der Waals surface area contributed by atoms with Crippen LogP contribution >= 0.6 is 0 Å². The van der Waals surface area contributed by atoms with Crippen LogP contribution in [0.5, 0.6) is 0 Å². The molecule has 0 radical (unpaired) electrons. The lowest BCUT2D eigenvalue weighted by molar-refractivity contribution is 0.0952. The molecule has 33 heavy (non-hydrogen) atoms. The lowest BCUT2D eigenvalue weighted by atomic mass is 10.0. The van der Waals surface area contributed by atoms with E-state index in [1.807, 2.05) is 55.1 Å². The van der Waals surface area contributed by atoms with Crippen LogP contribution in [-0.2, 0) is 12.1 Å². The second-order valence-electron chi connectivity index (χ2n) is 8.76. The third kappa shape index (κ3) is 3.36. The topological polar surface area (TPSA) is 84.7 Å². The van der Waals surface area contributed by atoms with Crippen molar-refractivity contribution < 1.29 is 4.79 Å². The average molecular weight is 437 g/mol. The van der Waals surface area contributed by atoms with Crippen molar-refractivity contribution in [1.29, 1.82) is 0 Å². The van der Waals surface area contributed by atoms with Gasteiger partial charge in [-0.3, -0.25) is 9.78 Å². The largest absolute Gasteiger partial charge is 0.342 e. The zero-order valence-electron chi connectivity index (χ0n) is 18.6. The molecule has 1 saturated carbocycles. The van der Waals surface area contributed by atoms with Crippen molar-refractivity contribution in [2.45, 2.75) is 38.8 Å². The number of nitrogens with zero attached hydrogens (tertiary/aromatic N) is 4. The van der Waals surface area contributed by atoms with Gasteiger partial charge in [0.2, 0.25) is 5.95 Å². The van der Waals surface area contributed by atoms with E-state index in [4.69, 9.17) is 10.1 Å². The third-order valence-corrected chi connectivity index (χ3v) is 6.50. The molecule has 1 spiro atoms. The number of fused-ring (bicyclic) bond motifs is 2. The van der Waals surface area contributed by atoms with Crippen molar-refractivity contribution in [2.24, 2.45) is 0 Å². The molecule has 7 heteroatoms. The van der Waals surface area contributed by atoms with Crippen molar-refractivity contribution in [3.8, 4) is 22.5 Å². The normalized spacial score (nSPS) is 15.4. The van der Waals surface area contributed by atoms with E-state index in [2.05, 4.69) is 39.9 Å². The molecular formula is C26H24N6O. The minimum absolute atomic E-state index is 0.0259. The predicted molar refractivity (Wildman–Crippen MR) is 127 cm³/mol. The number of rotatable bonds is 5. The minimum Gasteiger partial charge on any atom is -0.342 e. The van der Waals surface area contributed by atoms with E-state index >= 15 is 0 Å². The number of aromatic nitrogens is 4. The maximum absolute atomic E-state index is 12.2. The highest BCUT2D eigenvalue weighted by Crippen LogP contribution is 2.50. The van der Waals surface area contributed by atoms with Gasteiger partial charge in [0.15, 0.2) is 5.82 Å². The maximum Gasteiger partial charge on any atom is 0.252 e. The Morgan fingerprint density at radius 2 is 1.79 bits per heavy atom. The zero-order chi connectivity index (χ0) is 22.6. The number of carbonyl (C=O) groups is 1. The van der Waals surface area contributed by atoms with E-state index in [0.717, 1.165) is 52.0 Å². The molecule has 1 aliphatic heterocycles. The standard InChI is InChI=1S/C26H24N6O/c1-3-32-25(28-20-10-11-21-22(14-20)26(12-13-26)30-24(21)33)29-23(31-32)18-8-6-17(7-9-18)19-5-4-16(2)27-15-19/h4-11,14-15H,3,12-13H2,1-2H3,(H,30,33)(H,28,29,31). The summed E-state index contributed by atoms with van der Waals surface area (Å²) in [6, 6.07) is 18.2. The number of amides is 1. The second kappa shape index (κ2) is 7.27. The van der Waals surface area contributed by atoms with Gasteiger partial charge < -0.3 is 10.6 Å². The molecule has 3 heterocycles. The molecule has 2 aromatic carbocycles. The first-order valence-electron chi connectivity index (χ1n) is 11.3. The third-order valence-electron chi connectivity index (χ3n) is 6.50. The predicted octanol–water partition coefficient (Wildman–Crippen LogP) is 4.81. The summed E-state index contributed by atoms with van der Waals surface area (Å²) in [5, 5.41) is 11.2. The maximum atomic E-state index is 12.2. The Morgan fingerprint density at radius 3 is 2.48 bits per heavy atom. The molecule has 0 saturated heterocycles. The summed E-state index contributed by atoms with van der Waals surface area (Å²) >= 11 is 0. The highest BCUT2D eigenvalue weighted by molar-refractivity contribution is 6.01. The number of aryl methyl sites for hydroxylation is 2. The molecule has 1 fully saturated rings. The molecule has 6 rings (SSSR count). The fourth-order valence-corrected chi connectivity index (χ4v) is 4.44. The molecule has 1 aliphatic carbocycles. The van der Waals surface area contributed by atoms with Gasteiger partial charge in [0.1, 0.15) is 0 Å². The molecule has 164 valence electrons. The van der Waals surface area contributed by atoms with Crippen LogP contribution < -0.4 is 10.6 Å². The summed E-state index contributed by atoms with van der Waals surface area (Å²) in [7, 11) is 0. The monoisotopic (exact) mass is 436 g/mol. The summed E-state index contributed by atoms with van der Waals surface area (Å²) in [4.78, 5) is 21.4. The van der Waals surface area contributed by atoms with E-state index in [9.17, 15) is 4.79 Å². The van der Waals surface area contributed by atoms with Crippen molar-refractivity contribution in [2.75, 3.05) is 5.32 Å². The van der Waals surface area contributed by atoms with E-state index in [1.165, 1.54) is 0 Å². The summed E-state index contributed by atoms with van der Waals surface area (Å²) in [5.74, 6) is 1.38. The Kier molecular flexibility index (Phi) is 4.33. The Balaban J connectivity index is 1.27. The zero-order valence-corrected chi connectivity index (χ0v) is 18.6. The van der Waals surface area contributed by atoms with Gasteiger partial charge in [0.25, 0.3) is 5.91 Å². The van der Waals surface area contributed by atoms with E-state index in [1.54, 1.807) is 0 Å². The number of nitrogens with one attached hydrogen (secondary N) is 2. The van der Waals surface area contributed by atoms with Gasteiger partial charge in [-0.25, -0.2) is 4.68 Å². The van der Waals surface area contributed by atoms with Crippen LogP contribution in [-0.4, -0.2) is 25.7 Å². The Bertz CT molecular complexity index is 1370. The van der Waals surface area contributed by atoms with Gasteiger partial charge in [0, 0.05) is 40.8 Å². The Labute approximate surface area is 191 Å². The molecule has 2 aliphatic rings. The lowest BCUT2D eigenvalue weighted by Gasteiger charge is -2.11. The van der Waals surface area contributed by atoms with Gasteiger partial charge in [-0.05, 0) is 62.1 Å². The SMILES string of the molecule is CCn1nc(-c2ccc(-c3ccc(C)nc3)cc2)nc1Nc1ccc2c(c1)C1(CC1)NC2=O. The van der Waals surface area contributed by atoms with Crippen LogP contribution in [0.1, 0.15) is 41.4 Å². The average Bonchev–Trinajstić information content (AvgIpc) is 3.41. The molecule has 0 atom stereocenters. The lowest BCUT2D eigenvalue weighted by Crippen LogP contribution is -2.25. The summed E-state index contributed by atoms with van der Waals surface area (Å²) in [6.45, 7) is 4.72. The van der Waals surface area contributed by atoms with E-state index in [0.29, 0.717) is 18.3 Å². The van der Waals surface area contributed by atoms with Crippen LogP contribution in [0.15, 0.2) is 60.8 Å². The molecule has 2 N–H and O–H groups in total. The van der Waals surface area contributed by atoms with Gasteiger partial charge >= 0.3 is 0 Å². The van der Waals surface area contributed by atoms with Gasteiger partial charge in [-0.2, -0.15) is 4.98 Å².